The van der Waals surface area contributed by atoms with E-state index in [1.807, 2.05) is 79.7 Å². The molecule has 0 bridgehead atoms. The molecular formula is C32H38N2O4. The van der Waals surface area contributed by atoms with Crippen molar-refractivity contribution in [3.8, 4) is 11.5 Å². The zero-order valence-electron chi connectivity index (χ0n) is 22.4. The average Bonchev–Trinajstić information content (AvgIpc) is 2.95. The zero-order chi connectivity index (χ0) is 26.7. The van der Waals surface area contributed by atoms with Crippen LogP contribution in [0.25, 0.3) is 0 Å². The quantitative estimate of drug-likeness (QED) is 0.335. The van der Waals surface area contributed by atoms with Crippen LogP contribution in [0.15, 0.2) is 72.8 Å². The van der Waals surface area contributed by atoms with E-state index in [1.54, 1.807) is 4.90 Å². The monoisotopic (exact) mass is 514 g/mol. The molecule has 38 heavy (non-hydrogen) atoms. The topological polar surface area (TPSA) is 67.9 Å². The van der Waals surface area contributed by atoms with Gasteiger partial charge in [0, 0.05) is 25.9 Å². The number of carbonyl (C=O) groups is 2. The number of hydrogen-bond donors (Lipinski definition) is 1. The fourth-order valence-corrected chi connectivity index (χ4v) is 4.59. The molecule has 0 fully saturated rings. The lowest BCUT2D eigenvalue weighted by molar-refractivity contribution is -0.141. The fourth-order valence-electron chi connectivity index (χ4n) is 4.59. The van der Waals surface area contributed by atoms with Crippen LogP contribution in [0.3, 0.4) is 0 Å². The summed E-state index contributed by atoms with van der Waals surface area (Å²) in [6.45, 7) is 6.18. The van der Waals surface area contributed by atoms with Crippen molar-refractivity contribution in [1.29, 1.82) is 0 Å². The van der Waals surface area contributed by atoms with E-state index in [0.717, 1.165) is 46.6 Å². The first-order chi connectivity index (χ1) is 18.5. The minimum absolute atomic E-state index is 0.0490. The number of carbonyl (C=O) groups excluding carboxylic acids is 2. The van der Waals surface area contributed by atoms with Crippen molar-refractivity contribution in [1.82, 2.24) is 10.2 Å². The molecule has 1 heterocycles. The maximum Gasteiger partial charge on any atom is 0.243 e. The number of unbranched alkanes of at least 4 members (excludes halogenated alkanes) is 1. The van der Waals surface area contributed by atoms with E-state index in [4.69, 9.17) is 9.47 Å². The predicted octanol–water partition coefficient (Wildman–Crippen LogP) is 5.26. The maximum atomic E-state index is 13.8. The summed E-state index contributed by atoms with van der Waals surface area (Å²) in [4.78, 5) is 29.1. The zero-order valence-corrected chi connectivity index (χ0v) is 22.4. The summed E-state index contributed by atoms with van der Waals surface area (Å²) in [5.74, 6) is 1.29. The molecule has 6 nitrogen and oxygen atoms in total. The lowest BCUT2D eigenvalue weighted by Gasteiger charge is -2.32. The molecule has 3 aromatic rings. The van der Waals surface area contributed by atoms with E-state index >= 15 is 0 Å². The number of amides is 2. The van der Waals surface area contributed by atoms with Gasteiger partial charge in [-0.05, 0) is 48.6 Å². The van der Waals surface area contributed by atoms with Crippen molar-refractivity contribution in [3.05, 3.63) is 95.1 Å². The minimum Gasteiger partial charge on any atom is -0.486 e. The summed E-state index contributed by atoms with van der Waals surface area (Å²) >= 11 is 0. The number of fused-ring (bicyclic) bond motifs is 1. The molecule has 1 atom stereocenters. The molecule has 3 aromatic carbocycles. The van der Waals surface area contributed by atoms with Crippen LogP contribution in [0.1, 0.15) is 48.4 Å². The van der Waals surface area contributed by atoms with Crippen molar-refractivity contribution >= 4 is 11.8 Å². The molecule has 0 radical (unpaired) electrons. The number of nitrogens with one attached hydrogen (secondary N) is 1. The molecule has 0 aromatic heterocycles. The summed E-state index contributed by atoms with van der Waals surface area (Å²) < 4.78 is 11.3. The third-order valence-electron chi connectivity index (χ3n) is 6.81. The smallest absolute Gasteiger partial charge is 0.243 e. The lowest BCUT2D eigenvalue weighted by atomic mass is 10.0. The van der Waals surface area contributed by atoms with Gasteiger partial charge in [0.2, 0.25) is 11.8 Å². The maximum absolute atomic E-state index is 13.8. The number of hydrogen-bond acceptors (Lipinski definition) is 4. The number of aryl methyl sites for hydroxylation is 2. The van der Waals surface area contributed by atoms with Gasteiger partial charge in [0.1, 0.15) is 19.3 Å². The molecule has 4 rings (SSSR count). The van der Waals surface area contributed by atoms with Crippen molar-refractivity contribution in [2.75, 3.05) is 19.8 Å². The lowest BCUT2D eigenvalue weighted by Crippen LogP contribution is -2.50. The Kier molecular flexibility index (Phi) is 9.79. The van der Waals surface area contributed by atoms with Crippen LogP contribution >= 0.6 is 0 Å². The molecular weight excluding hydrogens is 476 g/mol. The molecule has 1 N–H and O–H groups in total. The van der Waals surface area contributed by atoms with Crippen molar-refractivity contribution < 1.29 is 19.1 Å². The SMILES string of the molecule is CCCCNC(=O)[C@@H](Cc1ccccc1)N(Cc1ccc(C)cc1)C(=O)CCc1ccc2c(c1)OCCO2. The van der Waals surface area contributed by atoms with Crippen LogP contribution in [0.4, 0.5) is 0 Å². The van der Waals surface area contributed by atoms with Gasteiger partial charge in [-0.25, -0.2) is 0 Å². The van der Waals surface area contributed by atoms with Gasteiger partial charge in [-0.1, -0.05) is 79.6 Å². The molecule has 0 unspecified atom stereocenters. The fraction of sp³-hybridized carbons (Fsp3) is 0.375. The number of benzene rings is 3. The van der Waals surface area contributed by atoms with Crippen LogP contribution in [0, 0.1) is 6.92 Å². The van der Waals surface area contributed by atoms with Crippen LogP contribution in [-0.4, -0.2) is 42.5 Å². The van der Waals surface area contributed by atoms with Gasteiger partial charge in [-0.15, -0.1) is 0 Å². The van der Waals surface area contributed by atoms with E-state index in [9.17, 15) is 9.59 Å². The summed E-state index contributed by atoms with van der Waals surface area (Å²) in [6.07, 6.45) is 3.19. The summed E-state index contributed by atoms with van der Waals surface area (Å²) in [7, 11) is 0. The molecule has 1 aliphatic rings. The Morgan fingerprint density at radius 1 is 0.895 bits per heavy atom. The van der Waals surface area contributed by atoms with Gasteiger partial charge >= 0.3 is 0 Å². The van der Waals surface area contributed by atoms with Gasteiger partial charge in [0.05, 0.1) is 0 Å². The predicted molar refractivity (Wildman–Crippen MR) is 149 cm³/mol. The first-order valence-electron chi connectivity index (χ1n) is 13.6. The Labute approximate surface area is 226 Å². The summed E-state index contributed by atoms with van der Waals surface area (Å²) in [5, 5.41) is 3.08. The third-order valence-corrected chi connectivity index (χ3v) is 6.81. The van der Waals surface area contributed by atoms with Gasteiger partial charge in [-0.3, -0.25) is 9.59 Å². The van der Waals surface area contributed by atoms with E-state index in [2.05, 4.69) is 12.2 Å². The van der Waals surface area contributed by atoms with Gasteiger partial charge in [-0.2, -0.15) is 0 Å². The second-order valence-corrected chi connectivity index (χ2v) is 9.84. The molecule has 0 saturated carbocycles. The number of nitrogens with zero attached hydrogens (tertiary/aromatic N) is 1. The van der Waals surface area contributed by atoms with Gasteiger partial charge in [0.25, 0.3) is 0 Å². The van der Waals surface area contributed by atoms with Crippen LogP contribution < -0.4 is 14.8 Å². The van der Waals surface area contributed by atoms with Crippen molar-refractivity contribution in [2.24, 2.45) is 0 Å². The third kappa shape index (κ3) is 7.60. The molecule has 2 amide bonds. The van der Waals surface area contributed by atoms with E-state index < -0.39 is 6.04 Å². The Morgan fingerprint density at radius 2 is 1.61 bits per heavy atom. The van der Waals surface area contributed by atoms with Crippen LogP contribution in [0.5, 0.6) is 11.5 Å². The highest BCUT2D eigenvalue weighted by Gasteiger charge is 2.30. The van der Waals surface area contributed by atoms with Crippen LogP contribution in [-0.2, 0) is 29.0 Å². The first-order valence-corrected chi connectivity index (χ1v) is 13.6. The molecule has 1 aliphatic heterocycles. The highest BCUT2D eigenvalue weighted by Crippen LogP contribution is 2.31. The van der Waals surface area contributed by atoms with Crippen LogP contribution in [0.2, 0.25) is 0 Å². The highest BCUT2D eigenvalue weighted by atomic mass is 16.6. The Bertz CT molecular complexity index is 1190. The number of rotatable bonds is 12. The highest BCUT2D eigenvalue weighted by molar-refractivity contribution is 5.88. The molecule has 6 heteroatoms. The van der Waals surface area contributed by atoms with E-state index in [1.165, 1.54) is 0 Å². The van der Waals surface area contributed by atoms with Gasteiger partial charge in [0.15, 0.2) is 11.5 Å². The van der Waals surface area contributed by atoms with Gasteiger partial charge < -0.3 is 19.7 Å². The Hall–Kier alpha value is -3.80. The Morgan fingerprint density at radius 3 is 2.34 bits per heavy atom. The summed E-state index contributed by atoms with van der Waals surface area (Å²) in [6, 6.07) is 23.3. The van der Waals surface area contributed by atoms with Crippen molar-refractivity contribution in [2.45, 2.75) is 58.5 Å². The molecule has 0 spiro atoms. The summed E-state index contributed by atoms with van der Waals surface area (Å²) in [5.41, 5.74) is 4.19. The molecule has 0 saturated heterocycles. The normalized spacial score (nSPS) is 13.0. The Balaban J connectivity index is 1.57. The second-order valence-electron chi connectivity index (χ2n) is 9.84. The molecule has 0 aliphatic carbocycles. The minimum atomic E-state index is -0.608. The second kappa shape index (κ2) is 13.7. The average molecular weight is 515 g/mol. The largest absolute Gasteiger partial charge is 0.486 e. The number of ether oxygens (including phenoxy) is 2. The standard InChI is InChI=1S/C32H38N2O4/c1-3-4-18-33-32(36)28(21-25-8-6-5-7-9-25)34(23-27-12-10-24(2)11-13-27)31(35)17-15-26-14-16-29-30(22-26)38-20-19-37-29/h5-14,16,22,28H,3-4,15,17-21,23H2,1-2H3,(H,33,36)/t28-/m1/s1. The van der Waals surface area contributed by atoms with E-state index in [-0.39, 0.29) is 11.8 Å². The molecule has 200 valence electrons. The van der Waals surface area contributed by atoms with E-state index in [0.29, 0.717) is 45.6 Å². The van der Waals surface area contributed by atoms with Crippen molar-refractivity contribution in [3.63, 3.8) is 0 Å². The first kappa shape index (κ1) is 27.2.